The van der Waals surface area contributed by atoms with Crippen molar-refractivity contribution in [3.8, 4) is 0 Å². The maximum Gasteiger partial charge on any atom is 0.305 e. The number of carbonyl (C=O) groups is 2. The zero-order chi connectivity index (χ0) is 59.9. The molecule has 486 valence electrons. The number of unbranched alkanes of at least 4 members (excludes halogenated alkanes) is 50. The van der Waals surface area contributed by atoms with Gasteiger partial charge in [0.05, 0.1) is 25.4 Å². The fourth-order valence-electron chi connectivity index (χ4n) is 11.3. The maximum atomic E-state index is 12.5. The number of esters is 1. The fraction of sp³-hybridized carbons (Fsp3) is 0.844. The van der Waals surface area contributed by atoms with Gasteiger partial charge in [0.25, 0.3) is 0 Å². The molecule has 6 heteroatoms. The first-order valence-electron chi connectivity index (χ1n) is 37.1. The summed E-state index contributed by atoms with van der Waals surface area (Å²) in [4.78, 5) is 24.5. The number of hydrogen-bond donors (Lipinski definition) is 3. The van der Waals surface area contributed by atoms with E-state index in [1.165, 1.54) is 308 Å². The van der Waals surface area contributed by atoms with Crippen molar-refractivity contribution in [2.24, 2.45) is 0 Å². The maximum absolute atomic E-state index is 12.5. The van der Waals surface area contributed by atoms with E-state index in [4.69, 9.17) is 4.74 Å². The zero-order valence-electron chi connectivity index (χ0n) is 55.7. The summed E-state index contributed by atoms with van der Waals surface area (Å²) < 4.78 is 5.48. The first kappa shape index (κ1) is 80.6. The second kappa shape index (κ2) is 72.0. The van der Waals surface area contributed by atoms with Gasteiger partial charge in [-0.05, 0) is 89.9 Å². The van der Waals surface area contributed by atoms with Crippen LogP contribution in [-0.2, 0) is 14.3 Å². The number of ether oxygens (including phenoxy) is 1. The highest BCUT2D eigenvalue weighted by molar-refractivity contribution is 5.76. The molecule has 0 saturated carbocycles. The summed E-state index contributed by atoms with van der Waals surface area (Å²) in [7, 11) is 0. The van der Waals surface area contributed by atoms with Gasteiger partial charge in [-0.1, -0.05) is 351 Å². The molecule has 0 spiro atoms. The van der Waals surface area contributed by atoms with Crippen molar-refractivity contribution in [2.45, 2.75) is 405 Å². The summed E-state index contributed by atoms with van der Waals surface area (Å²) in [6.07, 6.45) is 96.1. The highest BCUT2D eigenvalue weighted by Crippen LogP contribution is 2.18. The van der Waals surface area contributed by atoms with Gasteiger partial charge in [0.2, 0.25) is 5.91 Å². The number of aliphatic hydroxyl groups excluding tert-OH is 2. The molecule has 83 heavy (non-hydrogen) atoms. The first-order valence-corrected chi connectivity index (χ1v) is 37.1. The van der Waals surface area contributed by atoms with Crippen molar-refractivity contribution >= 4 is 11.9 Å². The van der Waals surface area contributed by atoms with E-state index >= 15 is 0 Å². The minimum absolute atomic E-state index is 0.00374. The Labute approximate surface area is 518 Å². The van der Waals surface area contributed by atoms with Crippen LogP contribution in [-0.4, -0.2) is 47.4 Å². The lowest BCUT2D eigenvalue weighted by Gasteiger charge is -2.20. The van der Waals surface area contributed by atoms with Gasteiger partial charge in [0.1, 0.15) is 0 Å². The van der Waals surface area contributed by atoms with Gasteiger partial charge in [-0.25, -0.2) is 0 Å². The lowest BCUT2D eigenvalue weighted by atomic mass is 10.0. The molecular formula is C77H143NO5. The van der Waals surface area contributed by atoms with Crippen LogP contribution in [0.25, 0.3) is 0 Å². The van der Waals surface area contributed by atoms with E-state index in [0.29, 0.717) is 19.4 Å². The molecule has 1 amide bonds. The molecule has 0 bridgehead atoms. The third-order valence-corrected chi connectivity index (χ3v) is 17.0. The summed E-state index contributed by atoms with van der Waals surface area (Å²) in [6.45, 7) is 4.88. The second-order valence-corrected chi connectivity index (χ2v) is 25.3. The molecule has 0 rings (SSSR count). The zero-order valence-corrected chi connectivity index (χ0v) is 55.7. The lowest BCUT2D eigenvalue weighted by molar-refractivity contribution is -0.143. The molecule has 0 aliphatic rings. The van der Waals surface area contributed by atoms with E-state index in [-0.39, 0.29) is 18.5 Å². The van der Waals surface area contributed by atoms with E-state index in [0.717, 1.165) is 57.8 Å². The molecule has 0 saturated heterocycles. The molecule has 0 aliphatic carbocycles. The van der Waals surface area contributed by atoms with Gasteiger partial charge in [-0.15, -0.1) is 0 Å². The van der Waals surface area contributed by atoms with Crippen LogP contribution in [0, 0.1) is 0 Å². The molecule has 0 aromatic carbocycles. The van der Waals surface area contributed by atoms with E-state index in [9.17, 15) is 19.8 Å². The molecule has 0 aromatic rings. The Bertz CT molecular complexity index is 1430. The molecular weight excluding hydrogens is 1020 g/mol. The highest BCUT2D eigenvalue weighted by atomic mass is 16.5. The molecule has 0 aliphatic heterocycles. The molecule has 0 fully saturated rings. The van der Waals surface area contributed by atoms with Crippen LogP contribution in [0.1, 0.15) is 393 Å². The number of aliphatic hydroxyl groups is 2. The minimum Gasteiger partial charge on any atom is -0.466 e. The molecule has 2 atom stereocenters. The van der Waals surface area contributed by atoms with Gasteiger partial charge in [-0.3, -0.25) is 9.59 Å². The number of allylic oxidation sites excluding steroid dienone is 9. The number of nitrogens with one attached hydrogen (secondary N) is 1. The predicted molar refractivity (Wildman–Crippen MR) is 365 cm³/mol. The predicted octanol–water partition coefficient (Wildman–Crippen LogP) is 24.2. The molecule has 6 nitrogen and oxygen atoms in total. The third kappa shape index (κ3) is 68.5. The lowest BCUT2D eigenvalue weighted by Crippen LogP contribution is -2.45. The monoisotopic (exact) mass is 1160 g/mol. The number of rotatable bonds is 69. The Kier molecular flexibility index (Phi) is 69.9. The average molecular weight is 1160 g/mol. The SMILES string of the molecule is CCCC/C=C\C/C=C\CCCCCCCC(=O)OCCCCCCCCCCCCCCC/C=C\C/C=C\CCCCCCCCCCCCCCCCCCCC(=O)NC(CO)C(O)/C=C/CCCCCCCCCCCCCCC. The molecule has 0 radical (unpaired) electrons. The minimum atomic E-state index is -0.843. The van der Waals surface area contributed by atoms with Crippen LogP contribution in [0.4, 0.5) is 0 Å². The third-order valence-electron chi connectivity index (χ3n) is 17.0. The molecule has 0 aromatic heterocycles. The number of carbonyl (C=O) groups excluding carboxylic acids is 2. The van der Waals surface area contributed by atoms with Gasteiger partial charge < -0.3 is 20.3 Å². The van der Waals surface area contributed by atoms with Crippen molar-refractivity contribution < 1.29 is 24.5 Å². The van der Waals surface area contributed by atoms with Gasteiger partial charge >= 0.3 is 5.97 Å². The van der Waals surface area contributed by atoms with Crippen LogP contribution in [0.3, 0.4) is 0 Å². The van der Waals surface area contributed by atoms with Crippen LogP contribution in [0.2, 0.25) is 0 Å². The summed E-state index contributed by atoms with van der Waals surface area (Å²) >= 11 is 0. The van der Waals surface area contributed by atoms with E-state index < -0.39 is 12.1 Å². The van der Waals surface area contributed by atoms with E-state index in [2.05, 4.69) is 67.8 Å². The largest absolute Gasteiger partial charge is 0.466 e. The normalized spacial score (nSPS) is 12.9. The van der Waals surface area contributed by atoms with Crippen LogP contribution in [0.5, 0.6) is 0 Å². The van der Waals surface area contributed by atoms with Crippen molar-refractivity contribution in [1.29, 1.82) is 0 Å². The molecule has 3 N–H and O–H groups in total. The van der Waals surface area contributed by atoms with E-state index in [1.807, 2.05) is 6.08 Å². The topological polar surface area (TPSA) is 95.9 Å². The van der Waals surface area contributed by atoms with Crippen LogP contribution < -0.4 is 5.32 Å². The fourth-order valence-corrected chi connectivity index (χ4v) is 11.3. The highest BCUT2D eigenvalue weighted by Gasteiger charge is 2.18. The van der Waals surface area contributed by atoms with Crippen LogP contribution >= 0.6 is 0 Å². The average Bonchev–Trinajstić information content (AvgIpc) is 3.49. The quantitative estimate of drug-likeness (QED) is 0.0320. The first-order chi connectivity index (χ1) is 41.0. The second-order valence-electron chi connectivity index (χ2n) is 25.3. The van der Waals surface area contributed by atoms with Crippen molar-refractivity contribution in [2.75, 3.05) is 13.2 Å². The van der Waals surface area contributed by atoms with Gasteiger partial charge in [0, 0.05) is 12.8 Å². The Balaban J connectivity index is 3.38. The Morgan fingerprint density at radius 3 is 0.952 bits per heavy atom. The number of hydrogen-bond acceptors (Lipinski definition) is 5. The van der Waals surface area contributed by atoms with Gasteiger partial charge in [0.15, 0.2) is 0 Å². The Morgan fingerprint density at radius 2 is 0.614 bits per heavy atom. The molecule has 2 unspecified atom stereocenters. The molecule has 0 heterocycles. The smallest absolute Gasteiger partial charge is 0.305 e. The Hall–Kier alpha value is -2.44. The van der Waals surface area contributed by atoms with Crippen molar-refractivity contribution in [3.63, 3.8) is 0 Å². The summed E-state index contributed by atoms with van der Waals surface area (Å²) in [5.74, 6) is -0.0598. The van der Waals surface area contributed by atoms with Crippen LogP contribution in [0.15, 0.2) is 60.8 Å². The standard InChI is InChI=1S/C77H143NO5/c1-3-5-7-9-11-13-15-17-42-45-49-53-57-61-65-69-75(80)74(73-79)78-76(81)70-66-62-58-54-50-46-43-40-38-36-34-32-30-28-26-24-22-20-19-21-23-25-27-29-31-33-35-37-39-41-44-48-52-56-60-64-68-72-83-77(82)71-67-63-59-55-51-47-18-16-14-12-10-8-6-4-2/h10,12,16,18-19,21,25,27,65,69,74-75,79-80H,3-9,11,13-15,17,20,22-24,26,28-64,66-68,70-73H2,1-2H3,(H,78,81)/b12-10-,18-16-,21-19-,27-25-,69-65+. The van der Waals surface area contributed by atoms with Crippen molar-refractivity contribution in [3.05, 3.63) is 60.8 Å². The van der Waals surface area contributed by atoms with E-state index in [1.54, 1.807) is 6.08 Å². The van der Waals surface area contributed by atoms with Gasteiger partial charge in [-0.2, -0.15) is 0 Å². The number of amides is 1. The summed E-state index contributed by atoms with van der Waals surface area (Å²) in [5.41, 5.74) is 0. The summed E-state index contributed by atoms with van der Waals surface area (Å²) in [6, 6.07) is -0.626. The van der Waals surface area contributed by atoms with Crippen molar-refractivity contribution in [1.82, 2.24) is 5.32 Å². The summed E-state index contributed by atoms with van der Waals surface area (Å²) in [5, 5.41) is 23.2. The Morgan fingerprint density at radius 1 is 0.337 bits per heavy atom.